The Morgan fingerprint density at radius 3 is 2.30 bits per heavy atom. The normalized spacial score (nSPS) is 11.5. The molecule has 0 aliphatic rings. The lowest BCUT2D eigenvalue weighted by Crippen LogP contribution is -2.26. The van der Waals surface area contributed by atoms with Crippen molar-refractivity contribution in [1.29, 1.82) is 0 Å². The lowest BCUT2D eigenvalue weighted by atomic mass is 10.4. The smallest absolute Gasteiger partial charge is 0.0455 e. The van der Waals surface area contributed by atoms with Crippen LogP contribution < -0.4 is 5.19 Å². The van der Waals surface area contributed by atoms with E-state index < -0.39 is 0 Å². The first-order chi connectivity index (χ1) is 4.79. The monoisotopic (exact) mass is 168 g/mol. The molecule has 56 valence electrons. The van der Waals surface area contributed by atoms with Crippen LogP contribution in [0.2, 0.25) is 13.1 Å². The van der Waals surface area contributed by atoms with Crippen molar-refractivity contribution in [2.24, 2.45) is 0 Å². The Labute approximate surface area is 68.0 Å². The molecule has 1 aromatic rings. The van der Waals surface area contributed by atoms with Crippen LogP contribution in [0.25, 0.3) is 0 Å². The molecule has 1 aromatic carbocycles. The van der Waals surface area contributed by atoms with Gasteiger partial charge in [-0.1, -0.05) is 48.6 Å². The Balaban J connectivity index is 0.000001000. The van der Waals surface area contributed by atoms with Crippen molar-refractivity contribution in [3.05, 3.63) is 30.3 Å². The van der Waals surface area contributed by atoms with E-state index in [0.717, 1.165) is 0 Å². The summed E-state index contributed by atoms with van der Waals surface area (Å²) in [6.45, 7) is 4.89. The van der Waals surface area contributed by atoms with Gasteiger partial charge in [0.15, 0.2) is 0 Å². The van der Waals surface area contributed by atoms with Crippen LogP contribution in [-0.4, -0.2) is 17.4 Å². The summed E-state index contributed by atoms with van der Waals surface area (Å²) >= 11 is 0. The van der Waals surface area contributed by atoms with Crippen LogP contribution in [0.15, 0.2) is 30.3 Å². The third-order valence-electron chi connectivity index (χ3n) is 1.49. The summed E-state index contributed by atoms with van der Waals surface area (Å²) in [4.78, 5) is 0. The lowest BCUT2D eigenvalue weighted by Gasteiger charge is -2.00. The first-order valence-corrected chi connectivity index (χ1v) is 10.1. The largest absolute Gasteiger partial charge is 0.0742 e. The molecular formula is C8H16Si2. The van der Waals surface area contributed by atoms with Gasteiger partial charge in [0.25, 0.3) is 0 Å². The molecule has 0 heterocycles. The minimum atomic E-state index is -0.258. The minimum absolute atomic E-state index is 0. The molecule has 0 nitrogen and oxygen atoms in total. The van der Waals surface area contributed by atoms with Crippen molar-refractivity contribution in [1.82, 2.24) is 0 Å². The predicted octanol–water partition coefficient (Wildman–Crippen LogP) is 0.710. The zero-order chi connectivity index (χ0) is 7.40. The molecule has 2 heteroatoms. The van der Waals surface area contributed by atoms with E-state index in [1.54, 1.807) is 5.19 Å². The summed E-state index contributed by atoms with van der Waals surface area (Å²) in [5.74, 6) is 0. The third-order valence-corrected chi connectivity index (χ3v) is 7.11. The SMILES string of the molecule is C[SiH](C)[SiH2]c1ccccc1.[HH]. The molecule has 0 atom stereocenters. The fourth-order valence-corrected chi connectivity index (χ4v) is 6.22. The second kappa shape index (κ2) is 3.73. The topological polar surface area (TPSA) is 0 Å². The Morgan fingerprint density at radius 1 is 1.20 bits per heavy atom. The molecule has 10 heavy (non-hydrogen) atoms. The fourth-order valence-electron chi connectivity index (χ4n) is 1.09. The van der Waals surface area contributed by atoms with E-state index >= 15 is 0 Å². The summed E-state index contributed by atoms with van der Waals surface area (Å²) in [7, 11) is -0.0960. The van der Waals surface area contributed by atoms with Gasteiger partial charge in [-0.3, -0.25) is 0 Å². The highest BCUT2D eigenvalue weighted by Crippen LogP contribution is 1.83. The van der Waals surface area contributed by atoms with Crippen molar-refractivity contribution in [2.75, 3.05) is 0 Å². The second-order valence-corrected chi connectivity index (χ2v) is 13.2. The number of hydrogen-bond acceptors (Lipinski definition) is 0. The second-order valence-electron chi connectivity index (χ2n) is 3.08. The van der Waals surface area contributed by atoms with Crippen LogP contribution >= 0.6 is 0 Å². The average molecular weight is 168 g/mol. The lowest BCUT2D eigenvalue weighted by molar-refractivity contribution is 1.77. The van der Waals surface area contributed by atoms with Crippen LogP contribution in [-0.2, 0) is 0 Å². The molecule has 0 N–H and O–H groups in total. The molecule has 0 unspecified atom stereocenters. The van der Waals surface area contributed by atoms with Crippen molar-refractivity contribution >= 4 is 22.5 Å². The van der Waals surface area contributed by atoms with Gasteiger partial charge in [-0.05, 0) is 0 Å². The highest BCUT2D eigenvalue weighted by Gasteiger charge is 1.96. The predicted molar refractivity (Wildman–Crippen MR) is 55.6 cm³/mol. The van der Waals surface area contributed by atoms with Gasteiger partial charge < -0.3 is 0 Å². The summed E-state index contributed by atoms with van der Waals surface area (Å²) in [5, 5.41) is 1.64. The van der Waals surface area contributed by atoms with E-state index in [2.05, 4.69) is 43.4 Å². The van der Waals surface area contributed by atoms with Gasteiger partial charge >= 0.3 is 0 Å². The van der Waals surface area contributed by atoms with Crippen LogP contribution in [0.4, 0.5) is 0 Å². The molecule has 0 saturated heterocycles. The van der Waals surface area contributed by atoms with Crippen molar-refractivity contribution in [3.8, 4) is 0 Å². The average Bonchev–Trinajstić information content (AvgIpc) is 1.88. The molecule has 0 aliphatic carbocycles. The van der Waals surface area contributed by atoms with E-state index in [1.165, 1.54) is 0 Å². The maximum Gasteiger partial charge on any atom is 0.0455 e. The molecule has 0 spiro atoms. The molecule has 0 bridgehead atoms. The summed E-state index contributed by atoms with van der Waals surface area (Å²) in [6, 6.07) is 11.0. The Kier molecular flexibility index (Phi) is 2.90. The van der Waals surface area contributed by atoms with Crippen molar-refractivity contribution in [2.45, 2.75) is 13.1 Å². The summed E-state index contributed by atoms with van der Waals surface area (Å²) in [6.07, 6.45) is 0. The zero-order valence-electron chi connectivity index (χ0n) is 6.67. The summed E-state index contributed by atoms with van der Waals surface area (Å²) < 4.78 is 0. The minimum Gasteiger partial charge on any atom is -0.0742 e. The third kappa shape index (κ3) is 2.50. The molecular weight excluding hydrogens is 152 g/mol. The number of hydrogen-bond donors (Lipinski definition) is 0. The Morgan fingerprint density at radius 2 is 1.80 bits per heavy atom. The maximum absolute atomic E-state index is 2.44. The first-order valence-electron chi connectivity index (χ1n) is 3.83. The van der Waals surface area contributed by atoms with Crippen LogP contribution in [0.5, 0.6) is 0 Å². The fraction of sp³-hybridized carbons (Fsp3) is 0.250. The van der Waals surface area contributed by atoms with Gasteiger partial charge in [-0.25, -0.2) is 0 Å². The highest BCUT2D eigenvalue weighted by atomic mass is 29.2. The quantitative estimate of drug-likeness (QED) is 0.571. The van der Waals surface area contributed by atoms with Crippen LogP contribution in [0, 0.1) is 0 Å². The molecule has 0 fully saturated rings. The van der Waals surface area contributed by atoms with Crippen molar-refractivity contribution < 1.29 is 1.43 Å². The Bertz CT molecular complexity index is 187. The first kappa shape index (κ1) is 7.76. The highest BCUT2D eigenvalue weighted by molar-refractivity contribution is 7.16. The van der Waals surface area contributed by atoms with Crippen LogP contribution in [0.1, 0.15) is 1.43 Å². The van der Waals surface area contributed by atoms with Crippen molar-refractivity contribution in [3.63, 3.8) is 0 Å². The number of benzene rings is 1. The van der Waals surface area contributed by atoms with Gasteiger partial charge in [-0.15, -0.1) is 0 Å². The molecule has 0 aliphatic heterocycles. The van der Waals surface area contributed by atoms with Gasteiger partial charge in [0.1, 0.15) is 0 Å². The van der Waals surface area contributed by atoms with Gasteiger partial charge in [0.05, 0.1) is 0 Å². The van der Waals surface area contributed by atoms with Crippen LogP contribution in [0.3, 0.4) is 0 Å². The standard InChI is InChI=1S/C8H14Si2.H2/c1-10(2)9-8-6-4-3-5-7-8;/h3-7,10H,9H2,1-2H3;1H. The van der Waals surface area contributed by atoms with Gasteiger partial charge in [0, 0.05) is 18.8 Å². The molecule has 0 saturated carbocycles. The molecule has 0 radical (unpaired) electrons. The van der Waals surface area contributed by atoms with E-state index in [-0.39, 0.29) is 18.8 Å². The molecule has 0 amide bonds. The molecule has 0 aromatic heterocycles. The van der Waals surface area contributed by atoms with E-state index in [9.17, 15) is 0 Å². The Hall–Kier alpha value is -0.346. The maximum atomic E-state index is 2.44. The van der Waals surface area contributed by atoms with Gasteiger partial charge in [-0.2, -0.15) is 0 Å². The van der Waals surface area contributed by atoms with Gasteiger partial charge in [0.2, 0.25) is 0 Å². The zero-order valence-corrected chi connectivity index (χ0v) is 9.24. The number of rotatable bonds is 2. The van der Waals surface area contributed by atoms with E-state index in [4.69, 9.17) is 0 Å². The van der Waals surface area contributed by atoms with E-state index in [0.29, 0.717) is 0 Å². The van der Waals surface area contributed by atoms with E-state index in [1.807, 2.05) is 0 Å². The molecule has 1 rings (SSSR count). The summed E-state index contributed by atoms with van der Waals surface area (Å²) in [5.41, 5.74) is 0.